The van der Waals surface area contributed by atoms with Crippen molar-refractivity contribution in [2.45, 2.75) is 0 Å². The number of hydrogen-bond donors (Lipinski definition) is 1. The van der Waals surface area contributed by atoms with Crippen molar-refractivity contribution in [3.63, 3.8) is 0 Å². The summed E-state index contributed by atoms with van der Waals surface area (Å²) in [6.45, 7) is 0. The largest absolute Gasteiger partial charge is 0.398 e. The second kappa shape index (κ2) is 3.59. The maximum absolute atomic E-state index is 13.2. The van der Waals surface area contributed by atoms with Crippen LogP contribution >= 0.6 is 0 Å². The third-order valence-electron chi connectivity index (χ3n) is 2.70. The van der Waals surface area contributed by atoms with Crippen LogP contribution < -0.4 is 5.73 Å². The monoisotopic (exact) mass is 227 g/mol. The summed E-state index contributed by atoms with van der Waals surface area (Å²) in [4.78, 5) is 0. The first kappa shape index (κ1) is 9.84. The number of fused-ring (bicyclic) bond motifs is 1. The van der Waals surface area contributed by atoms with Crippen molar-refractivity contribution in [3.8, 4) is 5.69 Å². The highest BCUT2D eigenvalue weighted by Crippen LogP contribution is 2.23. The highest BCUT2D eigenvalue weighted by Gasteiger charge is 2.06. The third kappa shape index (κ3) is 1.54. The van der Waals surface area contributed by atoms with Gasteiger partial charge in [0.2, 0.25) is 0 Å². The molecule has 0 saturated heterocycles. The molecule has 2 N–H and O–H groups in total. The summed E-state index contributed by atoms with van der Waals surface area (Å²) in [7, 11) is 0. The number of benzene rings is 2. The van der Waals surface area contributed by atoms with Gasteiger partial charge >= 0.3 is 0 Å². The van der Waals surface area contributed by atoms with Gasteiger partial charge in [0.25, 0.3) is 0 Å². The average molecular weight is 227 g/mol. The Morgan fingerprint density at radius 2 is 1.94 bits per heavy atom. The first-order valence-electron chi connectivity index (χ1n) is 5.24. The lowest BCUT2D eigenvalue weighted by Crippen LogP contribution is -1.96. The predicted molar refractivity (Wildman–Crippen MR) is 65.4 cm³/mol. The highest BCUT2D eigenvalue weighted by molar-refractivity contribution is 5.91. The molecule has 0 spiro atoms. The summed E-state index contributed by atoms with van der Waals surface area (Å²) < 4.78 is 14.8. The van der Waals surface area contributed by atoms with Crippen LogP contribution in [0, 0.1) is 5.82 Å². The van der Waals surface area contributed by atoms with E-state index in [9.17, 15) is 4.39 Å². The van der Waals surface area contributed by atoms with E-state index in [4.69, 9.17) is 5.73 Å². The van der Waals surface area contributed by atoms with Crippen LogP contribution in [0.25, 0.3) is 16.6 Å². The van der Waals surface area contributed by atoms with Gasteiger partial charge in [-0.25, -0.2) is 9.07 Å². The van der Waals surface area contributed by atoms with Crippen LogP contribution in [0.2, 0.25) is 0 Å². The minimum absolute atomic E-state index is 0.282. The van der Waals surface area contributed by atoms with Crippen LogP contribution in [0.3, 0.4) is 0 Å². The van der Waals surface area contributed by atoms with Crippen molar-refractivity contribution >= 4 is 16.6 Å². The summed E-state index contributed by atoms with van der Waals surface area (Å²) in [6.07, 6.45) is 1.69. The van der Waals surface area contributed by atoms with Crippen LogP contribution in [0.1, 0.15) is 0 Å². The van der Waals surface area contributed by atoms with Gasteiger partial charge in [-0.3, -0.25) is 0 Å². The lowest BCUT2D eigenvalue weighted by atomic mass is 10.2. The fourth-order valence-electron chi connectivity index (χ4n) is 1.89. The standard InChI is InChI=1S/C13H10FN3/c14-9-3-1-4-10(7-9)17-13-6-2-5-12(15)11(13)8-16-17/h1-8H,15H2. The molecule has 3 rings (SSSR count). The molecular weight excluding hydrogens is 217 g/mol. The molecule has 0 aliphatic heterocycles. The van der Waals surface area contributed by atoms with Gasteiger partial charge in [0.05, 0.1) is 17.4 Å². The Morgan fingerprint density at radius 1 is 1.12 bits per heavy atom. The van der Waals surface area contributed by atoms with Gasteiger partial charge in [0.1, 0.15) is 5.82 Å². The lowest BCUT2D eigenvalue weighted by molar-refractivity contribution is 0.626. The topological polar surface area (TPSA) is 43.8 Å². The molecule has 0 atom stereocenters. The van der Waals surface area contributed by atoms with E-state index in [2.05, 4.69) is 5.10 Å². The summed E-state index contributed by atoms with van der Waals surface area (Å²) in [5.74, 6) is -0.282. The number of hydrogen-bond acceptors (Lipinski definition) is 2. The lowest BCUT2D eigenvalue weighted by Gasteiger charge is -2.03. The third-order valence-corrected chi connectivity index (χ3v) is 2.70. The van der Waals surface area contributed by atoms with Crippen molar-refractivity contribution in [3.05, 3.63) is 54.5 Å². The Kier molecular flexibility index (Phi) is 2.08. The first-order chi connectivity index (χ1) is 8.25. The number of nitrogen functional groups attached to an aromatic ring is 1. The second-order valence-electron chi connectivity index (χ2n) is 3.82. The minimum Gasteiger partial charge on any atom is -0.398 e. The quantitative estimate of drug-likeness (QED) is 0.649. The van der Waals surface area contributed by atoms with Crippen molar-refractivity contribution in [1.29, 1.82) is 0 Å². The molecule has 1 heterocycles. The van der Waals surface area contributed by atoms with E-state index < -0.39 is 0 Å². The van der Waals surface area contributed by atoms with Crippen LogP contribution in [0.4, 0.5) is 10.1 Å². The van der Waals surface area contributed by atoms with E-state index in [1.165, 1.54) is 12.1 Å². The number of aromatic nitrogens is 2. The van der Waals surface area contributed by atoms with Crippen molar-refractivity contribution < 1.29 is 4.39 Å². The highest BCUT2D eigenvalue weighted by atomic mass is 19.1. The Hall–Kier alpha value is -2.36. The number of rotatable bonds is 1. The van der Waals surface area contributed by atoms with Gasteiger partial charge in [-0.2, -0.15) is 5.10 Å². The molecule has 1 aromatic heterocycles. The molecule has 0 bridgehead atoms. The number of nitrogens with two attached hydrogens (primary N) is 1. The molecule has 2 aromatic carbocycles. The van der Waals surface area contributed by atoms with Gasteiger partial charge in [-0.15, -0.1) is 0 Å². The molecule has 0 radical (unpaired) electrons. The van der Waals surface area contributed by atoms with Crippen LogP contribution in [0.15, 0.2) is 48.7 Å². The fraction of sp³-hybridized carbons (Fsp3) is 0. The van der Waals surface area contributed by atoms with Gasteiger partial charge in [0.15, 0.2) is 0 Å². The summed E-state index contributed by atoms with van der Waals surface area (Å²) in [5.41, 5.74) is 8.08. The molecule has 0 saturated carbocycles. The molecule has 0 unspecified atom stereocenters. The molecule has 3 aromatic rings. The Bertz CT molecular complexity index is 688. The molecule has 0 aliphatic carbocycles. The number of anilines is 1. The number of nitrogens with zero attached hydrogens (tertiary/aromatic N) is 2. The summed E-state index contributed by atoms with van der Waals surface area (Å²) >= 11 is 0. The van der Waals surface area contributed by atoms with E-state index in [0.29, 0.717) is 11.4 Å². The predicted octanol–water partition coefficient (Wildman–Crippen LogP) is 2.75. The van der Waals surface area contributed by atoms with E-state index in [1.807, 2.05) is 18.2 Å². The van der Waals surface area contributed by atoms with E-state index in [-0.39, 0.29) is 5.82 Å². The summed E-state index contributed by atoms with van der Waals surface area (Å²) in [5, 5.41) is 5.11. The van der Waals surface area contributed by atoms with Gasteiger partial charge in [-0.1, -0.05) is 12.1 Å². The molecule has 84 valence electrons. The van der Waals surface area contributed by atoms with Crippen LogP contribution in [-0.4, -0.2) is 9.78 Å². The van der Waals surface area contributed by atoms with Crippen molar-refractivity contribution in [1.82, 2.24) is 9.78 Å². The molecule has 17 heavy (non-hydrogen) atoms. The SMILES string of the molecule is Nc1cccc2c1cnn2-c1cccc(F)c1. The van der Waals surface area contributed by atoms with Gasteiger partial charge < -0.3 is 5.73 Å². The molecule has 3 nitrogen and oxygen atoms in total. The Morgan fingerprint density at radius 3 is 2.76 bits per heavy atom. The van der Waals surface area contributed by atoms with Gasteiger partial charge in [0, 0.05) is 11.1 Å². The zero-order valence-corrected chi connectivity index (χ0v) is 8.97. The normalized spacial score (nSPS) is 10.9. The van der Waals surface area contributed by atoms with E-state index >= 15 is 0 Å². The molecule has 4 heteroatoms. The molecule has 0 aliphatic rings. The van der Waals surface area contributed by atoms with Crippen LogP contribution in [-0.2, 0) is 0 Å². The molecule has 0 amide bonds. The average Bonchev–Trinajstić information content (AvgIpc) is 2.74. The fourth-order valence-corrected chi connectivity index (χ4v) is 1.89. The molecule has 0 fully saturated rings. The van der Waals surface area contributed by atoms with E-state index in [0.717, 1.165) is 10.9 Å². The summed E-state index contributed by atoms with van der Waals surface area (Å²) in [6, 6.07) is 11.9. The Labute approximate surface area is 97.3 Å². The van der Waals surface area contributed by atoms with Crippen LogP contribution in [0.5, 0.6) is 0 Å². The molecular formula is C13H10FN3. The van der Waals surface area contributed by atoms with E-state index in [1.54, 1.807) is 23.0 Å². The minimum atomic E-state index is -0.282. The van der Waals surface area contributed by atoms with Crippen molar-refractivity contribution in [2.75, 3.05) is 5.73 Å². The smallest absolute Gasteiger partial charge is 0.125 e. The zero-order valence-electron chi connectivity index (χ0n) is 8.97. The maximum atomic E-state index is 13.2. The van der Waals surface area contributed by atoms with Crippen molar-refractivity contribution in [2.24, 2.45) is 0 Å². The second-order valence-corrected chi connectivity index (χ2v) is 3.82. The number of halogens is 1. The maximum Gasteiger partial charge on any atom is 0.125 e. The zero-order chi connectivity index (χ0) is 11.8. The van der Waals surface area contributed by atoms with Gasteiger partial charge in [-0.05, 0) is 30.3 Å². The first-order valence-corrected chi connectivity index (χ1v) is 5.24. The Balaban J connectivity index is 2.28.